The van der Waals surface area contributed by atoms with Crippen LogP contribution in [0.15, 0.2) is 0 Å². The summed E-state index contributed by atoms with van der Waals surface area (Å²) in [6.07, 6.45) is 5.50. The minimum atomic E-state index is -0.489. The van der Waals surface area contributed by atoms with Crippen molar-refractivity contribution in [1.82, 2.24) is 10.2 Å². The summed E-state index contributed by atoms with van der Waals surface area (Å²) in [7, 11) is 2.11. The molecule has 1 aliphatic carbocycles. The van der Waals surface area contributed by atoms with Crippen LogP contribution in [0.3, 0.4) is 0 Å². The van der Waals surface area contributed by atoms with Crippen LogP contribution in [0.25, 0.3) is 0 Å². The second-order valence-corrected chi connectivity index (χ2v) is 6.86. The highest BCUT2D eigenvalue weighted by atomic mass is 16.6. The molecular weight excluding hydrogens is 268 g/mol. The lowest BCUT2D eigenvalue weighted by Crippen LogP contribution is -2.37. The molecule has 5 heteroatoms. The lowest BCUT2D eigenvalue weighted by Gasteiger charge is -2.23. The molecular formula is C16H30N2O3. The number of rotatable bonds is 7. The monoisotopic (exact) mass is 298 g/mol. The number of carbonyl (C=O) groups is 2. The summed E-state index contributed by atoms with van der Waals surface area (Å²) in [5, 5.41) is 2.87. The van der Waals surface area contributed by atoms with Crippen molar-refractivity contribution in [2.24, 2.45) is 0 Å². The van der Waals surface area contributed by atoms with E-state index in [0.29, 0.717) is 12.6 Å². The maximum atomic E-state index is 11.7. The number of hydrogen-bond donors (Lipinski definition) is 1. The number of ether oxygens (including phenoxy) is 1. The van der Waals surface area contributed by atoms with Gasteiger partial charge in [0.1, 0.15) is 5.60 Å². The fourth-order valence-corrected chi connectivity index (χ4v) is 2.60. The molecule has 1 fully saturated rings. The van der Waals surface area contributed by atoms with Crippen molar-refractivity contribution in [2.45, 2.75) is 70.9 Å². The van der Waals surface area contributed by atoms with Gasteiger partial charge in [0, 0.05) is 25.6 Å². The van der Waals surface area contributed by atoms with Gasteiger partial charge in [0.05, 0.1) is 6.42 Å². The number of hydrogen-bond acceptors (Lipinski definition) is 4. The number of nitrogens with one attached hydrogen (secondary N) is 1. The van der Waals surface area contributed by atoms with Gasteiger partial charge in [-0.25, -0.2) is 0 Å². The van der Waals surface area contributed by atoms with E-state index in [1.165, 1.54) is 25.7 Å². The van der Waals surface area contributed by atoms with E-state index in [0.717, 1.165) is 6.54 Å². The molecule has 122 valence electrons. The number of carbonyl (C=O) groups excluding carboxylic acids is 2. The van der Waals surface area contributed by atoms with E-state index in [9.17, 15) is 9.59 Å². The highest BCUT2D eigenvalue weighted by molar-refractivity contribution is 5.81. The summed E-state index contributed by atoms with van der Waals surface area (Å²) in [6, 6.07) is 0.670. The molecule has 0 heterocycles. The Hall–Kier alpha value is -1.10. The first kappa shape index (κ1) is 18.0. The molecule has 1 rings (SSSR count). The number of esters is 1. The predicted octanol–water partition coefficient (Wildman–Crippen LogP) is 2.10. The van der Waals surface area contributed by atoms with Crippen molar-refractivity contribution in [2.75, 3.05) is 20.1 Å². The summed E-state index contributed by atoms with van der Waals surface area (Å²) >= 11 is 0. The number of amides is 1. The lowest BCUT2D eigenvalue weighted by atomic mass is 10.2. The van der Waals surface area contributed by atoms with Gasteiger partial charge in [-0.15, -0.1) is 0 Å². The first-order chi connectivity index (χ1) is 9.78. The van der Waals surface area contributed by atoms with Crippen molar-refractivity contribution in [1.29, 1.82) is 0 Å². The van der Waals surface area contributed by atoms with E-state index < -0.39 is 5.60 Å². The predicted molar refractivity (Wildman–Crippen MR) is 83.0 cm³/mol. The normalized spacial score (nSPS) is 16.2. The quantitative estimate of drug-likeness (QED) is 0.731. The van der Waals surface area contributed by atoms with Gasteiger partial charge in [-0.1, -0.05) is 12.8 Å². The van der Waals surface area contributed by atoms with Crippen LogP contribution in [0.1, 0.15) is 59.3 Å². The highest BCUT2D eigenvalue weighted by Gasteiger charge is 2.19. The Morgan fingerprint density at radius 1 is 1.19 bits per heavy atom. The molecule has 0 unspecified atom stereocenters. The molecule has 1 N–H and O–H groups in total. The van der Waals surface area contributed by atoms with Crippen LogP contribution in [0.2, 0.25) is 0 Å². The summed E-state index contributed by atoms with van der Waals surface area (Å²) in [4.78, 5) is 25.5. The fraction of sp³-hybridized carbons (Fsp3) is 0.875. The van der Waals surface area contributed by atoms with Crippen molar-refractivity contribution in [3.63, 3.8) is 0 Å². The van der Waals surface area contributed by atoms with Gasteiger partial charge < -0.3 is 15.0 Å². The standard InChI is InChI=1S/C16H30N2O3/c1-16(2,3)21-15(20)10-9-14(19)17-11-12-18(4)13-7-5-6-8-13/h13H,5-12H2,1-4H3,(H,17,19). The van der Waals surface area contributed by atoms with E-state index in [-0.39, 0.29) is 24.7 Å². The first-order valence-corrected chi connectivity index (χ1v) is 7.97. The highest BCUT2D eigenvalue weighted by Crippen LogP contribution is 2.21. The van der Waals surface area contributed by atoms with Gasteiger partial charge >= 0.3 is 5.97 Å². The molecule has 0 spiro atoms. The topological polar surface area (TPSA) is 58.6 Å². The molecule has 1 saturated carbocycles. The molecule has 1 aliphatic rings. The van der Waals surface area contributed by atoms with Gasteiger partial charge in [-0.05, 0) is 40.7 Å². The molecule has 0 radical (unpaired) electrons. The van der Waals surface area contributed by atoms with Crippen molar-refractivity contribution in [3.05, 3.63) is 0 Å². The van der Waals surface area contributed by atoms with Gasteiger partial charge in [0.25, 0.3) is 0 Å². The molecule has 0 aromatic carbocycles. The third-order valence-electron chi connectivity index (χ3n) is 3.71. The zero-order valence-corrected chi connectivity index (χ0v) is 13.9. The van der Waals surface area contributed by atoms with E-state index in [4.69, 9.17) is 4.74 Å². The van der Waals surface area contributed by atoms with Crippen molar-refractivity contribution in [3.8, 4) is 0 Å². The smallest absolute Gasteiger partial charge is 0.306 e. The van der Waals surface area contributed by atoms with Crippen LogP contribution < -0.4 is 5.32 Å². The van der Waals surface area contributed by atoms with Crippen molar-refractivity contribution < 1.29 is 14.3 Å². The van der Waals surface area contributed by atoms with Gasteiger partial charge in [-0.3, -0.25) is 9.59 Å². The molecule has 0 aliphatic heterocycles. The third-order valence-corrected chi connectivity index (χ3v) is 3.71. The fourth-order valence-electron chi connectivity index (χ4n) is 2.60. The average Bonchev–Trinajstić information content (AvgIpc) is 2.88. The summed E-state index contributed by atoms with van der Waals surface area (Å²) in [5.74, 6) is -0.401. The average molecular weight is 298 g/mol. The van der Waals surface area contributed by atoms with Crippen LogP contribution in [-0.2, 0) is 14.3 Å². The van der Waals surface area contributed by atoms with Crippen LogP contribution in [0.4, 0.5) is 0 Å². The molecule has 21 heavy (non-hydrogen) atoms. The number of nitrogens with zero attached hydrogens (tertiary/aromatic N) is 1. The Bertz CT molecular complexity index is 344. The Balaban J connectivity index is 2.09. The van der Waals surface area contributed by atoms with Crippen molar-refractivity contribution >= 4 is 11.9 Å². The van der Waals surface area contributed by atoms with E-state index in [1.807, 2.05) is 20.8 Å². The van der Waals surface area contributed by atoms with Crippen LogP contribution in [0, 0.1) is 0 Å². The minimum absolute atomic E-state index is 0.0827. The van der Waals surface area contributed by atoms with Gasteiger partial charge in [-0.2, -0.15) is 0 Å². The second-order valence-electron chi connectivity index (χ2n) is 6.86. The van der Waals surface area contributed by atoms with E-state index in [2.05, 4.69) is 17.3 Å². The zero-order valence-electron chi connectivity index (χ0n) is 13.9. The summed E-state index contributed by atoms with van der Waals surface area (Å²) < 4.78 is 5.17. The Morgan fingerprint density at radius 3 is 2.38 bits per heavy atom. The van der Waals surface area contributed by atoms with E-state index in [1.54, 1.807) is 0 Å². The maximum absolute atomic E-state index is 11.7. The summed E-state index contributed by atoms with van der Waals surface area (Å²) in [6.45, 7) is 6.97. The van der Waals surface area contributed by atoms with Crippen LogP contribution in [-0.4, -0.2) is 48.6 Å². The molecule has 0 aromatic rings. The van der Waals surface area contributed by atoms with Crippen LogP contribution in [0.5, 0.6) is 0 Å². The largest absolute Gasteiger partial charge is 0.460 e. The van der Waals surface area contributed by atoms with Gasteiger partial charge in [0.2, 0.25) is 5.91 Å². The van der Waals surface area contributed by atoms with E-state index >= 15 is 0 Å². The Labute approximate surface area is 128 Å². The van der Waals surface area contributed by atoms with Gasteiger partial charge in [0.15, 0.2) is 0 Å². The SMILES string of the molecule is CN(CCNC(=O)CCC(=O)OC(C)(C)C)C1CCCC1. The molecule has 5 nitrogen and oxygen atoms in total. The minimum Gasteiger partial charge on any atom is -0.460 e. The Kier molecular flexibility index (Phi) is 7.15. The second kappa shape index (κ2) is 8.37. The first-order valence-electron chi connectivity index (χ1n) is 7.97. The molecule has 0 aromatic heterocycles. The molecule has 1 amide bonds. The number of likely N-dealkylation sites (N-methyl/N-ethyl adjacent to an activating group) is 1. The maximum Gasteiger partial charge on any atom is 0.306 e. The lowest BCUT2D eigenvalue weighted by molar-refractivity contribution is -0.155. The molecule has 0 atom stereocenters. The third kappa shape index (κ3) is 8.05. The zero-order chi connectivity index (χ0) is 15.9. The Morgan fingerprint density at radius 2 is 1.81 bits per heavy atom. The van der Waals surface area contributed by atoms with Crippen LogP contribution >= 0.6 is 0 Å². The molecule has 0 bridgehead atoms. The summed E-state index contributed by atoms with van der Waals surface area (Å²) in [5.41, 5.74) is -0.489. The molecule has 0 saturated heterocycles.